The summed E-state index contributed by atoms with van der Waals surface area (Å²) in [4.78, 5) is 21.2. The Morgan fingerprint density at radius 1 is 1.03 bits per heavy atom. The molecule has 3 heterocycles. The second-order valence-electron chi connectivity index (χ2n) is 8.17. The monoisotopic (exact) mass is 492 g/mol. The first-order valence-electron chi connectivity index (χ1n) is 11.3. The van der Waals surface area contributed by atoms with Crippen LogP contribution in [-0.2, 0) is 15.9 Å². The predicted molar refractivity (Wildman–Crippen MR) is 126 cm³/mol. The molecule has 2 aromatic heterocycles. The van der Waals surface area contributed by atoms with Crippen molar-refractivity contribution in [2.24, 2.45) is 0 Å². The Morgan fingerprint density at radius 2 is 1.89 bits per heavy atom. The molecule has 8 nitrogen and oxygen atoms in total. The Labute approximate surface area is 205 Å². The first-order chi connectivity index (χ1) is 17.5. The Hall–Kier alpha value is -4.02. The summed E-state index contributed by atoms with van der Waals surface area (Å²) < 4.78 is 44.9. The van der Waals surface area contributed by atoms with Crippen LogP contribution in [-0.4, -0.2) is 52.3 Å². The molecule has 36 heavy (non-hydrogen) atoms. The third kappa shape index (κ3) is 5.61. The number of ether oxygens (including phenoxy) is 3. The van der Waals surface area contributed by atoms with Crippen LogP contribution >= 0.6 is 0 Å². The highest BCUT2D eigenvalue weighted by molar-refractivity contribution is 5.56. The van der Waals surface area contributed by atoms with E-state index < -0.39 is 11.6 Å². The van der Waals surface area contributed by atoms with Gasteiger partial charge < -0.3 is 14.2 Å². The predicted octanol–water partition coefficient (Wildman–Crippen LogP) is 3.35. The third-order valence-electron chi connectivity index (χ3n) is 5.55. The maximum Gasteiger partial charge on any atom is 0.203 e. The van der Waals surface area contributed by atoms with Gasteiger partial charge in [-0.1, -0.05) is 18.2 Å². The second-order valence-corrected chi connectivity index (χ2v) is 8.17. The highest BCUT2D eigenvalue weighted by Crippen LogP contribution is 2.20. The Morgan fingerprint density at radius 3 is 2.67 bits per heavy atom. The van der Waals surface area contributed by atoms with Gasteiger partial charge in [0.25, 0.3) is 0 Å². The number of halogens is 2. The van der Waals surface area contributed by atoms with Crippen LogP contribution in [0.15, 0.2) is 71.9 Å². The zero-order valence-corrected chi connectivity index (χ0v) is 19.1. The van der Waals surface area contributed by atoms with E-state index >= 15 is 0 Å². The van der Waals surface area contributed by atoms with Crippen LogP contribution < -0.4 is 10.2 Å². The lowest BCUT2D eigenvalue weighted by molar-refractivity contribution is -0.101. The molecule has 0 saturated carbocycles. The van der Waals surface area contributed by atoms with Crippen LogP contribution in [0.2, 0.25) is 0 Å². The van der Waals surface area contributed by atoms with Crippen LogP contribution in [0, 0.1) is 11.6 Å². The number of nitrogens with zero attached hydrogens (tertiary/aromatic N) is 4. The molecule has 0 spiro atoms. The molecule has 4 aromatic rings. The van der Waals surface area contributed by atoms with Crippen molar-refractivity contribution < 1.29 is 23.0 Å². The smallest absolute Gasteiger partial charge is 0.203 e. The molecular weight excluding hydrogens is 470 g/mol. The average Bonchev–Trinajstić information content (AvgIpc) is 2.91. The second kappa shape index (κ2) is 10.7. The van der Waals surface area contributed by atoms with E-state index in [4.69, 9.17) is 14.2 Å². The minimum atomic E-state index is -0.991. The fraction of sp³-hybridized carbons (Fsp3) is 0.231. The summed E-state index contributed by atoms with van der Waals surface area (Å²) in [6.07, 6.45) is 4.73. The molecule has 10 heteroatoms. The van der Waals surface area contributed by atoms with Gasteiger partial charge in [-0.2, -0.15) is 5.10 Å². The highest BCUT2D eigenvalue weighted by Gasteiger charge is 2.15. The van der Waals surface area contributed by atoms with Crippen molar-refractivity contribution in [1.29, 1.82) is 0 Å². The molecular formula is C26H22F2N4O4. The molecule has 1 unspecified atom stereocenters. The van der Waals surface area contributed by atoms with Crippen molar-refractivity contribution in [2.75, 3.05) is 26.4 Å². The normalized spacial score (nSPS) is 15.6. The van der Waals surface area contributed by atoms with Crippen LogP contribution in [0.5, 0.6) is 5.75 Å². The van der Waals surface area contributed by atoms with Gasteiger partial charge in [-0.05, 0) is 23.8 Å². The summed E-state index contributed by atoms with van der Waals surface area (Å²) in [6.45, 7) is 1.99. The lowest BCUT2D eigenvalue weighted by Crippen LogP contribution is -2.33. The van der Waals surface area contributed by atoms with Crippen molar-refractivity contribution >= 4 is 0 Å². The molecule has 0 amide bonds. The van der Waals surface area contributed by atoms with Crippen LogP contribution in [0.1, 0.15) is 11.3 Å². The van der Waals surface area contributed by atoms with Crippen molar-refractivity contribution in [2.45, 2.75) is 12.5 Å². The van der Waals surface area contributed by atoms with E-state index in [1.807, 2.05) is 24.3 Å². The number of aromatic nitrogens is 4. The van der Waals surface area contributed by atoms with E-state index in [-0.39, 0.29) is 23.6 Å². The molecule has 1 fully saturated rings. The lowest BCUT2D eigenvalue weighted by Gasteiger charge is -2.22. The molecule has 0 bridgehead atoms. The molecule has 1 aliphatic heterocycles. The maximum atomic E-state index is 13.6. The van der Waals surface area contributed by atoms with Crippen LogP contribution in [0.3, 0.4) is 0 Å². The van der Waals surface area contributed by atoms with Gasteiger partial charge in [0.15, 0.2) is 23.2 Å². The van der Waals surface area contributed by atoms with E-state index in [1.165, 1.54) is 23.0 Å². The molecule has 1 aliphatic rings. The van der Waals surface area contributed by atoms with Crippen molar-refractivity contribution in [1.82, 2.24) is 19.7 Å². The molecule has 5 rings (SSSR count). The van der Waals surface area contributed by atoms with Gasteiger partial charge >= 0.3 is 0 Å². The van der Waals surface area contributed by atoms with Crippen molar-refractivity contribution in [3.63, 3.8) is 0 Å². The number of hydrogen-bond acceptors (Lipinski definition) is 7. The van der Waals surface area contributed by atoms with E-state index in [1.54, 1.807) is 12.4 Å². The van der Waals surface area contributed by atoms with E-state index in [0.29, 0.717) is 43.7 Å². The summed E-state index contributed by atoms with van der Waals surface area (Å²) in [6, 6.07) is 12.2. The van der Waals surface area contributed by atoms with Gasteiger partial charge in [-0.3, -0.25) is 4.79 Å². The first-order valence-corrected chi connectivity index (χ1v) is 11.3. The summed E-state index contributed by atoms with van der Waals surface area (Å²) in [7, 11) is 0. The van der Waals surface area contributed by atoms with Crippen LogP contribution in [0.25, 0.3) is 17.1 Å². The third-order valence-corrected chi connectivity index (χ3v) is 5.55. The molecule has 0 radical (unpaired) electrons. The molecule has 0 N–H and O–H groups in total. The molecule has 2 aromatic carbocycles. The van der Waals surface area contributed by atoms with E-state index in [9.17, 15) is 13.6 Å². The van der Waals surface area contributed by atoms with Crippen LogP contribution in [0.4, 0.5) is 8.78 Å². The largest absolute Gasteiger partial charge is 0.488 e. The van der Waals surface area contributed by atoms with Crippen molar-refractivity contribution in [3.8, 4) is 22.8 Å². The van der Waals surface area contributed by atoms with Crippen molar-refractivity contribution in [3.05, 3.63) is 100 Å². The van der Waals surface area contributed by atoms with Gasteiger partial charge in [-0.25, -0.2) is 23.4 Å². The average molecular weight is 492 g/mol. The van der Waals surface area contributed by atoms with Gasteiger partial charge in [-0.15, -0.1) is 0 Å². The van der Waals surface area contributed by atoms with E-state index in [2.05, 4.69) is 15.1 Å². The van der Waals surface area contributed by atoms with E-state index in [0.717, 1.165) is 23.3 Å². The van der Waals surface area contributed by atoms with Gasteiger partial charge in [0.05, 0.1) is 37.9 Å². The zero-order valence-electron chi connectivity index (χ0n) is 19.1. The number of rotatable bonds is 7. The molecule has 1 saturated heterocycles. The minimum Gasteiger partial charge on any atom is -0.488 e. The molecule has 1 atom stereocenters. The topological polar surface area (TPSA) is 88.4 Å². The maximum absolute atomic E-state index is 13.6. The standard InChI is InChI=1S/C26H22F2N4O4/c27-22-5-4-19(12-23(22)28)32-7-6-25(33)24(31-32)11-17-2-1-3-18(10-17)26-29-13-20(14-30-26)36-16-21-15-34-8-9-35-21/h1-7,10,12-14,21H,8-9,11,15-16H2. The minimum absolute atomic E-state index is 0.117. The molecule has 184 valence electrons. The summed E-state index contributed by atoms with van der Waals surface area (Å²) in [5.74, 6) is -0.918. The summed E-state index contributed by atoms with van der Waals surface area (Å²) in [5.41, 5.74) is 1.89. The Bertz CT molecular complexity index is 1410. The highest BCUT2D eigenvalue weighted by atomic mass is 19.2. The SMILES string of the molecule is O=c1ccn(-c2ccc(F)c(F)c2)nc1Cc1cccc(-c2ncc(OCC3COCCO3)cn2)c1. The lowest BCUT2D eigenvalue weighted by atomic mass is 10.1. The van der Waals surface area contributed by atoms with Gasteiger partial charge in [0.1, 0.15) is 18.4 Å². The summed E-state index contributed by atoms with van der Waals surface area (Å²) in [5, 5.41) is 4.33. The van der Waals surface area contributed by atoms with Gasteiger partial charge in [0.2, 0.25) is 5.43 Å². The molecule has 0 aliphatic carbocycles. The van der Waals surface area contributed by atoms with Gasteiger partial charge in [0, 0.05) is 30.3 Å². The Kier molecular flexibility index (Phi) is 7.06. The Balaban J connectivity index is 1.30. The summed E-state index contributed by atoms with van der Waals surface area (Å²) >= 11 is 0. The fourth-order valence-electron chi connectivity index (χ4n) is 3.72. The number of hydrogen-bond donors (Lipinski definition) is 0. The quantitative estimate of drug-likeness (QED) is 0.391. The zero-order chi connectivity index (χ0) is 24.9. The fourth-order valence-corrected chi connectivity index (χ4v) is 3.72. The number of benzene rings is 2. The first kappa shape index (κ1) is 23.7.